The third-order valence-corrected chi connectivity index (χ3v) is 14.8. The first kappa shape index (κ1) is 42.6. The summed E-state index contributed by atoms with van der Waals surface area (Å²) in [4.78, 5) is 35.9. The van der Waals surface area contributed by atoms with Gasteiger partial charge in [0.2, 0.25) is 5.91 Å². The maximum absolute atomic E-state index is 12.9. The van der Waals surface area contributed by atoms with E-state index >= 15 is 0 Å². The maximum atomic E-state index is 12.9. The number of amides is 1. The van der Waals surface area contributed by atoms with Gasteiger partial charge in [0, 0.05) is 12.8 Å². The summed E-state index contributed by atoms with van der Waals surface area (Å²) in [6, 6.07) is 0. The average Bonchev–Trinajstić information content (AvgIpc) is 3.48. The van der Waals surface area contributed by atoms with Crippen molar-refractivity contribution in [2.45, 2.75) is 194 Å². The topological polar surface area (TPSA) is 92.7 Å². The zero-order valence-electron chi connectivity index (χ0n) is 33.8. The van der Waals surface area contributed by atoms with Crippen molar-refractivity contribution in [1.29, 1.82) is 0 Å². The van der Waals surface area contributed by atoms with Gasteiger partial charge in [-0.1, -0.05) is 96.9 Å². The van der Waals surface area contributed by atoms with Gasteiger partial charge in [0.1, 0.15) is 12.6 Å². The van der Waals surface area contributed by atoms with Crippen LogP contribution in [-0.4, -0.2) is 35.6 Å². The average molecular weight is 724 g/mol. The Hall–Kier alpha value is -2.11. The summed E-state index contributed by atoms with van der Waals surface area (Å²) < 4.78 is 6.14. The molecular formula is C46H77NO5. The Bertz CT molecular complexity index is 1160. The minimum absolute atomic E-state index is 0.0313. The highest BCUT2D eigenvalue weighted by Crippen LogP contribution is 2.68. The number of allylic oxidation sites excluding steroid dienone is 4. The van der Waals surface area contributed by atoms with E-state index in [0.717, 1.165) is 56.3 Å². The van der Waals surface area contributed by atoms with Crippen molar-refractivity contribution in [3.05, 3.63) is 24.3 Å². The van der Waals surface area contributed by atoms with Crippen molar-refractivity contribution < 1.29 is 24.2 Å². The SMILES string of the molecule is CCCCC/C=C\C/C=C\CCCCCCCCCC(=O)OC1CCC2(C)C(CCC3C2CCC2(C)C(C(C)CCC(=O)NCC(=O)O)CCC32)C1. The van der Waals surface area contributed by atoms with Gasteiger partial charge in [-0.3, -0.25) is 14.4 Å². The van der Waals surface area contributed by atoms with E-state index in [-0.39, 0.29) is 24.5 Å². The molecule has 0 bridgehead atoms. The monoisotopic (exact) mass is 724 g/mol. The van der Waals surface area contributed by atoms with Gasteiger partial charge in [-0.2, -0.15) is 0 Å². The standard InChI is InChI=1S/C46H77NO5/c1-5-6-7-8-9-10-11-12-13-14-15-16-17-18-19-20-21-22-44(51)52-37-29-31-45(3)36(33-37)24-25-38-40-27-26-39(46(40,4)32-30-41(38)45)35(2)23-28-42(48)47-34-43(49)50/h9-10,12-13,35-41H,5-8,11,14-34H2,1-4H3,(H,47,48)(H,49,50)/b10-9-,13-12-. The number of aliphatic carboxylic acids is 1. The molecular weight excluding hydrogens is 647 g/mol. The third-order valence-electron chi connectivity index (χ3n) is 14.8. The number of carbonyl (C=O) groups excluding carboxylic acids is 2. The molecule has 0 heterocycles. The summed E-state index contributed by atoms with van der Waals surface area (Å²) in [5, 5.41) is 11.4. The van der Waals surface area contributed by atoms with Crippen LogP contribution in [0.3, 0.4) is 0 Å². The molecule has 0 spiro atoms. The molecule has 9 unspecified atom stereocenters. The van der Waals surface area contributed by atoms with Crippen molar-refractivity contribution in [3.8, 4) is 0 Å². The number of hydrogen-bond acceptors (Lipinski definition) is 4. The van der Waals surface area contributed by atoms with Gasteiger partial charge in [0.25, 0.3) is 0 Å². The van der Waals surface area contributed by atoms with E-state index in [4.69, 9.17) is 9.84 Å². The van der Waals surface area contributed by atoms with Crippen molar-refractivity contribution in [3.63, 3.8) is 0 Å². The zero-order valence-corrected chi connectivity index (χ0v) is 33.8. The molecule has 0 aromatic heterocycles. The van der Waals surface area contributed by atoms with E-state index in [1.807, 2.05) is 0 Å². The summed E-state index contributed by atoms with van der Waals surface area (Å²) >= 11 is 0. The number of hydrogen-bond donors (Lipinski definition) is 2. The number of nitrogens with one attached hydrogen (secondary N) is 1. The van der Waals surface area contributed by atoms with Gasteiger partial charge in [0.15, 0.2) is 0 Å². The normalized spacial score (nSPS) is 31.9. The van der Waals surface area contributed by atoms with Crippen LogP contribution in [0.25, 0.3) is 0 Å². The highest BCUT2D eigenvalue weighted by Gasteiger charge is 2.60. The second kappa shape index (κ2) is 21.7. The van der Waals surface area contributed by atoms with Crippen LogP contribution in [0.4, 0.5) is 0 Å². The van der Waals surface area contributed by atoms with Gasteiger partial charge >= 0.3 is 11.9 Å². The van der Waals surface area contributed by atoms with Gasteiger partial charge in [-0.15, -0.1) is 0 Å². The summed E-state index contributed by atoms with van der Waals surface area (Å²) in [5.41, 5.74) is 0.705. The Morgan fingerprint density at radius 3 is 2.13 bits per heavy atom. The summed E-state index contributed by atoms with van der Waals surface area (Å²) in [5.74, 6) is 3.02. The van der Waals surface area contributed by atoms with Gasteiger partial charge in [0.05, 0.1) is 0 Å². The van der Waals surface area contributed by atoms with Gasteiger partial charge in [-0.05, 0) is 149 Å². The second-order valence-corrected chi connectivity index (χ2v) is 18.1. The number of carboxylic acids is 1. The van der Waals surface area contributed by atoms with Crippen molar-refractivity contribution in [1.82, 2.24) is 5.32 Å². The molecule has 0 aliphatic heterocycles. The third kappa shape index (κ3) is 12.2. The lowest BCUT2D eigenvalue weighted by Gasteiger charge is -2.61. The molecule has 1 amide bonds. The Kier molecular flexibility index (Phi) is 17.8. The van der Waals surface area contributed by atoms with Crippen LogP contribution < -0.4 is 5.32 Å². The molecule has 0 aromatic rings. The van der Waals surface area contributed by atoms with E-state index in [9.17, 15) is 14.4 Å². The van der Waals surface area contributed by atoms with E-state index in [1.165, 1.54) is 109 Å². The molecule has 4 saturated carbocycles. The van der Waals surface area contributed by atoms with Crippen LogP contribution in [-0.2, 0) is 19.1 Å². The van der Waals surface area contributed by atoms with E-state index < -0.39 is 5.97 Å². The first-order valence-corrected chi connectivity index (χ1v) is 22.1. The minimum Gasteiger partial charge on any atom is -0.480 e. The molecule has 52 heavy (non-hydrogen) atoms. The molecule has 0 radical (unpaired) electrons. The maximum Gasteiger partial charge on any atom is 0.322 e. The summed E-state index contributed by atoms with van der Waals surface area (Å²) in [7, 11) is 0. The first-order chi connectivity index (χ1) is 25.1. The summed E-state index contributed by atoms with van der Waals surface area (Å²) in [6.07, 6.45) is 38.2. The molecule has 4 fully saturated rings. The predicted octanol–water partition coefficient (Wildman–Crippen LogP) is 11.8. The quantitative estimate of drug-likeness (QED) is 0.0622. The van der Waals surface area contributed by atoms with Gasteiger partial charge in [-0.25, -0.2) is 0 Å². The largest absolute Gasteiger partial charge is 0.480 e. The number of rotatable bonds is 23. The highest BCUT2D eigenvalue weighted by molar-refractivity contribution is 5.81. The lowest BCUT2D eigenvalue weighted by Crippen LogP contribution is -2.54. The van der Waals surface area contributed by atoms with E-state index in [1.54, 1.807) is 0 Å². The van der Waals surface area contributed by atoms with Crippen LogP contribution in [0.5, 0.6) is 0 Å². The van der Waals surface area contributed by atoms with Crippen LogP contribution >= 0.6 is 0 Å². The number of esters is 1. The number of carbonyl (C=O) groups is 3. The Balaban J connectivity index is 1.08. The Morgan fingerprint density at radius 2 is 1.42 bits per heavy atom. The molecule has 4 rings (SSSR count). The molecule has 0 aromatic carbocycles. The molecule has 2 N–H and O–H groups in total. The zero-order chi connectivity index (χ0) is 37.4. The molecule has 4 aliphatic rings. The van der Waals surface area contributed by atoms with Crippen molar-refractivity contribution >= 4 is 17.8 Å². The fraction of sp³-hybridized carbons (Fsp3) is 0.848. The Morgan fingerprint density at radius 1 is 0.769 bits per heavy atom. The number of ether oxygens (including phenoxy) is 1. The smallest absolute Gasteiger partial charge is 0.322 e. The molecule has 0 saturated heterocycles. The molecule has 9 atom stereocenters. The lowest BCUT2D eigenvalue weighted by molar-refractivity contribution is -0.162. The lowest BCUT2D eigenvalue weighted by atomic mass is 9.44. The fourth-order valence-electron chi connectivity index (χ4n) is 11.8. The highest BCUT2D eigenvalue weighted by atomic mass is 16.5. The number of unbranched alkanes of at least 4 members (excludes halogenated alkanes) is 10. The molecule has 4 aliphatic carbocycles. The second-order valence-electron chi connectivity index (χ2n) is 18.1. The van der Waals surface area contributed by atoms with Crippen molar-refractivity contribution in [2.24, 2.45) is 46.3 Å². The molecule has 6 heteroatoms. The van der Waals surface area contributed by atoms with Crippen LogP contribution in [0, 0.1) is 46.3 Å². The van der Waals surface area contributed by atoms with Crippen LogP contribution in [0.1, 0.15) is 188 Å². The summed E-state index contributed by atoms with van der Waals surface area (Å²) in [6.45, 7) is 9.44. The van der Waals surface area contributed by atoms with E-state index in [0.29, 0.717) is 41.4 Å². The Labute approximate surface area is 318 Å². The predicted molar refractivity (Wildman–Crippen MR) is 213 cm³/mol. The van der Waals surface area contributed by atoms with Crippen LogP contribution in [0.2, 0.25) is 0 Å². The van der Waals surface area contributed by atoms with E-state index in [2.05, 4.69) is 57.3 Å². The minimum atomic E-state index is -0.990. The number of carboxylic acid groups (broad SMARTS) is 1. The van der Waals surface area contributed by atoms with Crippen LogP contribution in [0.15, 0.2) is 24.3 Å². The van der Waals surface area contributed by atoms with Crippen molar-refractivity contribution in [2.75, 3.05) is 6.54 Å². The van der Waals surface area contributed by atoms with Gasteiger partial charge < -0.3 is 15.2 Å². The molecule has 296 valence electrons. The molecule has 6 nitrogen and oxygen atoms in total. The fourth-order valence-corrected chi connectivity index (χ4v) is 11.8. The number of fused-ring (bicyclic) bond motifs is 5. The first-order valence-electron chi connectivity index (χ1n) is 22.1.